The van der Waals surface area contributed by atoms with Crippen molar-refractivity contribution in [3.63, 3.8) is 0 Å². The van der Waals surface area contributed by atoms with Crippen LogP contribution in [0.2, 0.25) is 39.3 Å². The standard InChI is InChI=1S/C7H22O3Si3/c1-11(2)8-7(9-12(3)4)10-13(5)6/h7,11-13H,1-6H3. The molecule has 0 aromatic carbocycles. The second-order valence-corrected chi connectivity index (χ2v) is 11.0. The summed E-state index contributed by atoms with van der Waals surface area (Å²) in [6.45, 7) is 12.4. The van der Waals surface area contributed by atoms with Crippen LogP contribution in [0.1, 0.15) is 0 Å². The summed E-state index contributed by atoms with van der Waals surface area (Å²) in [5.41, 5.74) is 0. The molecule has 0 rings (SSSR count). The van der Waals surface area contributed by atoms with Crippen molar-refractivity contribution < 1.29 is 13.3 Å². The van der Waals surface area contributed by atoms with Gasteiger partial charge in [0.2, 0.25) is 6.48 Å². The molecule has 3 nitrogen and oxygen atoms in total. The van der Waals surface area contributed by atoms with Crippen molar-refractivity contribution in [2.45, 2.75) is 45.8 Å². The minimum atomic E-state index is -1.05. The fourth-order valence-corrected chi connectivity index (χ4v) is 2.87. The van der Waals surface area contributed by atoms with Crippen molar-refractivity contribution >= 4 is 27.1 Å². The highest BCUT2D eigenvalue weighted by molar-refractivity contribution is 6.50. The van der Waals surface area contributed by atoms with Gasteiger partial charge in [0.15, 0.2) is 27.1 Å². The molecule has 0 heterocycles. The SMILES string of the molecule is C[SiH](C)OC(O[SiH](C)C)O[SiH](C)C. The number of hydrogen-bond acceptors (Lipinski definition) is 3. The van der Waals surface area contributed by atoms with E-state index in [1.165, 1.54) is 0 Å². The van der Waals surface area contributed by atoms with Crippen molar-refractivity contribution in [2.24, 2.45) is 0 Å². The predicted molar refractivity (Wildman–Crippen MR) is 63.7 cm³/mol. The van der Waals surface area contributed by atoms with Gasteiger partial charge in [0.25, 0.3) is 0 Å². The Labute approximate surface area is 86.6 Å². The maximum Gasteiger partial charge on any atom is 0.242 e. The van der Waals surface area contributed by atoms with Gasteiger partial charge in [-0.25, -0.2) is 0 Å². The molecule has 0 amide bonds. The molecule has 0 aliphatic carbocycles. The minimum Gasteiger partial charge on any atom is -0.376 e. The molecule has 0 aromatic heterocycles. The first-order chi connectivity index (χ1) is 5.91. The lowest BCUT2D eigenvalue weighted by Gasteiger charge is -2.24. The van der Waals surface area contributed by atoms with Crippen LogP contribution in [0.5, 0.6) is 0 Å². The van der Waals surface area contributed by atoms with Crippen molar-refractivity contribution in [1.29, 1.82) is 0 Å². The van der Waals surface area contributed by atoms with Gasteiger partial charge in [-0.2, -0.15) is 0 Å². The van der Waals surface area contributed by atoms with Gasteiger partial charge >= 0.3 is 0 Å². The first kappa shape index (κ1) is 13.5. The summed E-state index contributed by atoms with van der Waals surface area (Å²) in [6.07, 6.45) is 0. The summed E-state index contributed by atoms with van der Waals surface area (Å²) >= 11 is 0. The van der Waals surface area contributed by atoms with Crippen molar-refractivity contribution in [3.8, 4) is 0 Å². The lowest BCUT2D eigenvalue weighted by atomic mass is 11.4. The smallest absolute Gasteiger partial charge is 0.242 e. The van der Waals surface area contributed by atoms with Gasteiger partial charge < -0.3 is 13.3 Å². The highest BCUT2D eigenvalue weighted by Crippen LogP contribution is 2.04. The molecule has 0 aliphatic rings. The van der Waals surface area contributed by atoms with E-state index < -0.39 is 27.1 Å². The van der Waals surface area contributed by atoms with E-state index in [0.29, 0.717) is 0 Å². The summed E-state index contributed by atoms with van der Waals surface area (Å²) in [5.74, 6) is 0. The van der Waals surface area contributed by atoms with Crippen LogP contribution in [-0.4, -0.2) is 33.6 Å². The van der Waals surface area contributed by atoms with E-state index in [0.717, 1.165) is 0 Å². The van der Waals surface area contributed by atoms with Crippen LogP contribution in [-0.2, 0) is 13.3 Å². The zero-order valence-electron chi connectivity index (χ0n) is 9.53. The lowest BCUT2D eigenvalue weighted by molar-refractivity contribution is -0.147. The maximum absolute atomic E-state index is 5.64. The van der Waals surface area contributed by atoms with E-state index in [1.54, 1.807) is 0 Å². The van der Waals surface area contributed by atoms with Gasteiger partial charge in [-0.3, -0.25) is 0 Å². The molecule has 0 aromatic rings. The number of hydrogen-bond donors (Lipinski definition) is 0. The Kier molecular flexibility index (Phi) is 7.19. The van der Waals surface area contributed by atoms with Gasteiger partial charge in [0, 0.05) is 0 Å². The summed E-state index contributed by atoms with van der Waals surface area (Å²) in [7, 11) is -3.16. The largest absolute Gasteiger partial charge is 0.376 e. The topological polar surface area (TPSA) is 27.7 Å². The molecule has 0 aliphatic heterocycles. The quantitative estimate of drug-likeness (QED) is 0.515. The van der Waals surface area contributed by atoms with Gasteiger partial charge in [-0.1, -0.05) is 0 Å². The average Bonchev–Trinajstić information content (AvgIpc) is 1.80. The van der Waals surface area contributed by atoms with Crippen LogP contribution in [0.15, 0.2) is 0 Å². The van der Waals surface area contributed by atoms with Gasteiger partial charge in [-0.05, 0) is 39.3 Å². The summed E-state index contributed by atoms with van der Waals surface area (Å²) in [6, 6.07) is 0. The molecular weight excluding hydrogens is 216 g/mol. The Morgan fingerprint density at radius 1 is 0.615 bits per heavy atom. The Hall–Kier alpha value is 0.531. The minimum absolute atomic E-state index is 0.356. The highest BCUT2D eigenvalue weighted by atomic mass is 28.3. The molecule has 6 heteroatoms. The van der Waals surface area contributed by atoms with E-state index in [-0.39, 0.29) is 6.48 Å². The zero-order chi connectivity index (χ0) is 10.4. The van der Waals surface area contributed by atoms with Crippen LogP contribution >= 0.6 is 0 Å². The predicted octanol–water partition coefficient (Wildman–Crippen LogP) is 1.27. The van der Waals surface area contributed by atoms with E-state index in [2.05, 4.69) is 39.3 Å². The molecule has 0 spiro atoms. The second-order valence-electron chi connectivity index (χ2n) is 3.84. The lowest BCUT2D eigenvalue weighted by Crippen LogP contribution is -2.33. The molecule has 0 saturated carbocycles. The summed E-state index contributed by atoms with van der Waals surface area (Å²) < 4.78 is 16.9. The molecule has 13 heavy (non-hydrogen) atoms. The van der Waals surface area contributed by atoms with Gasteiger partial charge in [0.1, 0.15) is 0 Å². The summed E-state index contributed by atoms with van der Waals surface area (Å²) in [5, 5.41) is 0. The monoisotopic (exact) mass is 238 g/mol. The van der Waals surface area contributed by atoms with Gasteiger partial charge in [0.05, 0.1) is 0 Å². The number of rotatable bonds is 6. The molecule has 0 unspecified atom stereocenters. The Morgan fingerprint density at radius 2 is 0.846 bits per heavy atom. The molecule has 0 N–H and O–H groups in total. The normalized spacial score (nSPS) is 12.5. The molecule has 0 atom stereocenters. The van der Waals surface area contributed by atoms with Crippen LogP contribution < -0.4 is 0 Å². The third-order valence-corrected chi connectivity index (χ3v) is 3.45. The van der Waals surface area contributed by atoms with Crippen LogP contribution in [0.3, 0.4) is 0 Å². The summed E-state index contributed by atoms with van der Waals surface area (Å²) in [4.78, 5) is 0. The van der Waals surface area contributed by atoms with Crippen LogP contribution in [0.4, 0.5) is 0 Å². The zero-order valence-corrected chi connectivity index (χ0v) is 13.0. The molecule has 0 bridgehead atoms. The third kappa shape index (κ3) is 8.85. The van der Waals surface area contributed by atoms with E-state index in [1.807, 2.05) is 0 Å². The fourth-order valence-electron chi connectivity index (χ4n) is 0.763. The Morgan fingerprint density at radius 3 is 1.00 bits per heavy atom. The van der Waals surface area contributed by atoms with Crippen LogP contribution in [0, 0.1) is 0 Å². The van der Waals surface area contributed by atoms with Crippen molar-refractivity contribution in [3.05, 3.63) is 0 Å². The molecule has 0 saturated heterocycles. The van der Waals surface area contributed by atoms with Crippen LogP contribution in [0.25, 0.3) is 0 Å². The van der Waals surface area contributed by atoms with E-state index >= 15 is 0 Å². The maximum atomic E-state index is 5.64. The highest BCUT2D eigenvalue weighted by Gasteiger charge is 2.15. The first-order valence-electron chi connectivity index (χ1n) is 4.88. The first-order valence-corrected chi connectivity index (χ1v) is 13.2. The molecule has 80 valence electrons. The molecule has 0 radical (unpaired) electrons. The Bertz CT molecular complexity index is 106. The Balaban J connectivity index is 3.87. The third-order valence-electron chi connectivity index (χ3n) is 1.15. The van der Waals surface area contributed by atoms with Gasteiger partial charge in [-0.15, -0.1) is 0 Å². The average molecular weight is 239 g/mol. The fraction of sp³-hybridized carbons (Fsp3) is 1.00. The van der Waals surface area contributed by atoms with E-state index in [9.17, 15) is 0 Å². The van der Waals surface area contributed by atoms with Crippen molar-refractivity contribution in [1.82, 2.24) is 0 Å². The molecular formula is C7H22O3Si3. The second kappa shape index (κ2) is 6.91. The van der Waals surface area contributed by atoms with Crippen molar-refractivity contribution in [2.75, 3.05) is 0 Å². The van der Waals surface area contributed by atoms with E-state index in [4.69, 9.17) is 13.3 Å². The molecule has 0 fully saturated rings.